The Kier molecular flexibility index (Phi) is 4.01. The third-order valence-electron chi connectivity index (χ3n) is 1.68. The lowest BCUT2D eigenvalue weighted by Gasteiger charge is -2.13. The fraction of sp³-hybridized carbons (Fsp3) is 0.333. The monoisotopic (exact) mass is 258 g/mol. The van der Waals surface area contributed by atoms with Crippen LogP contribution in [0.3, 0.4) is 0 Å². The number of hydrogen-bond acceptors (Lipinski definition) is 2. The molecule has 1 aromatic carbocycles. The molecule has 0 unspecified atom stereocenters. The maximum Gasteiger partial charge on any atom is 0.573 e. The van der Waals surface area contributed by atoms with E-state index < -0.39 is 24.1 Å². The van der Waals surface area contributed by atoms with Crippen molar-refractivity contribution >= 4 is 11.8 Å². The molecule has 0 aliphatic carbocycles. The molecule has 0 amide bonds. The van der Waals surface area contributed by atoms with E-state index >= 15 is 0 Å². The fourth-order valence-electron chi connectivity index (χ4n) is 1.04. The molecule has 0 saturated carbocycles. The lowest BCUT2D eigenvalue weighted by atomic mass is 10.2. The summed E-state index contributed by atoms with van der Waals surface area (Å²) in [6.07, 6.45) is -6.34. The number of alkyl halides is 5. The number of benzene rings is 1. The standard InChI is InChI=1S/C9H7F5OS/c1-16-5-2-3-7(15-9(12,13)14)6(4-5)8(10)11/h2-4,8H,1H3. The predicted molar refractivity (Wildman–Crippen MR) is 49.9 cm³/mol. The summed E-state index contributed by atoms with van der Waals surface area (Å²) in [7, 11) is 0. The minimum atomic E-state index is -4.97. The van der Waals surface area contributed by atoms with Gasteiger partial charge < -0.3 is 4.74 Å². The molecule has 0 atom stereocenters. The molecular weight excluding hydrogens is 251 g/mol. The van der Waals surface area contributed by atoms with Gasteiger partial charge in [-0.25, -0.2) is 8.78 Å². The van der Waals surface area contributed by atoms with Crippen LogP contribution in [-0.2, 0) is 0 Å². The molecule has 1 aromatic rings. The van der Waals surface area contributed by atoms with E-state index in [0.29, 0.717) is 4.90 Å². The third kappa shape index (κ3) is 3.55. The molecule has 0 radical (unpaired) electrons. The highest BCUT2D eigenvalue weighted by atomic mass is 32.2. The highest BCUT2D eigenvalue weighted by Crippen LogP contribution is 2.35. The molecular formula is C9H7F5OS. The van der Waals surface area contributed by atoms with Gasteiger partial charge in [-0.2, -0.15) is 0 Å². The van der Waals surface area contributed by atoms with Gasteiger partial charge in [0.1, 0.15) is 5.75 Å². The van der Waals surface area contributed by atoms with E-state index in [0.717, 1.165) is 23.9 Å². The number of hydrogen-bond donors (Lipinski definition) is 0. The Morgan fingerprint density at radius 2 is 1.88 bits per heavy atom. The Morgan fingerprint density at radius 3 is 2.31 bits per heavy atom. The molecule has 7 heteroatoms. The van der Waals surface area contributed by atoms with Crippen LogP contribution in [-0.4, -0.2) is 12.6 Å². The zero-order chi connectivity index (χ0) is 12.3. The molecule has 0 aromatic heterocycles. The van der Waals surface area contributed by atoms with Crippen molar-refractivity contribution in [3.63, 3.8) is 0 Å². The summed E-state index contributed by atoms with van der Waals surface area (Å²) < 4.78 is 64.1. The zero-order valence-electron chi connectivity index (χ0n) is 8.02. The number of thioether (sulfide) groups is 1. The molecule has 0 saturated heterocycles. The fourth-order valence-corrected chi connectivity index (χ4v) is 1.49. The van der Waals surface area contributed by atoms with Gasteiger partial charge in [-0.05, 0) is 24.5 Å². The first-order chi connectivity index (χ1) is 7.33. The van der Waals surface area contributed by atoms with E-state index in [1.807, 2.05) is 0 Å². The van der Waals surface area contributed by atoms with E-state index in [9.17, 15) is 22.0 Å². The highest BCUT2D eigenvalue weighted by molar-refractivity contribution is 7.98. The molecule has 0 heterocycles. The van der Waals surface area contributed by atoms with Crippen molar-refractivity contribution in [2.75, 3.05) is 6.26 Å². The third-order valence-corrected chi connectivity index (χ3v) is 2.40. The molecule has 1 rings (SSSR count). The first-order valence-corrected chi connectivity index (χ1v) is 5.28. The van der Waals surface area contributed by atoms with Gasteiger partial charge >= 0.3 is 6.36 Å². The quantitative estimate of drug-likeness (QED) is 0.592. The largest absolute Gasteiger partial charge is 0.573 e. The van der Waals surface area contributed by atoms with Crippen molar-refractivity contribution in [3.8, 4) is 5.75 Å². The summed E-state index contributed by atoms with van der Waals surface area (Å²) in [6, 6.07) is 3.16. The number of halogens is 5. The number of ether oxygens (including phenoxy) is 1. The summed E-state index contributed by atoms with van der Waals surface area (Å²) in [6.45, 7) is 0. The Bertz CT molecular complexity index is 363. The van der Waals surface area contributed by atoms with Gasteiger partial charge in [0.05, 0.1) is 5.56 Å². The maximum atomic E-state index is 12.5. The smallest absolute Gasteiger partial charge is 0.405 e. The molecule has 0 aliphatic rings. The first-order valence-electron chi connectivity index (χ1n) is 4.05. The Hall–Kier alpha value is -0.980. The summed E-state index contributed by atoms with van der Waals surface area (Å²) in [5.74, 6) is -0.861. The SMILES string of the molecule is CSc1ccc(OC(F)(F)F)c(C(F)F)c1. The van der Waals surface area contributed by atoms with Crippen molar-refractivity contribution in [2.24, 2.45) is 0 Å². The highest BCUT2D eigenvalue weighted by Gasteiger charge is 2.33. The molecule has 0 bridgehead atoms. The van der Waals surface area contributed by atoms with Crippen LogP contribution in [0.4, 0.5) is 22.0 Å². The average molecular weight is 258 g/mol. The predicted octanol–water partition coefficient (Wildman–Crippen LogP) is 4.24. The normalized spacial score (nSPS) is 11.9. The number of rotatable bonds is 3. The second kappa shape index (κ2) is 4.90. The zero-order valence-corrected chi connectivity index (χ0v) is 8.83. The Balaban J connectivity index is 3.08. The summed E-state index contributed by atoms with van der Waals surface area (Å²) in [4.78, 5) is 0.449. The Morgan fingerprint density at radius 1 is 1.25 bits per heavy atom. The average Bonchev–Trinajstić information content (AvgIpc) is 2.15. The molecule has 1 nitrogen and oxygen atoms in total. The van der Waals surface area contributed by atoms with Crippen LogP contribution in [0.2, 0.25) is 0 Å². The molecule has 0 N–H and O–H groups in total. The van der Waals surface area contributed by atoms with Crippen molar-refractivity contribution in [2.45, 2.75) is 17.7 Å². The van der Waals surface area contributed by atoms with Crippen molar-refractivity contribution in [1.29, 1.82) is 0 Å². The summed E-state index contributed by atoms with van der Waals surface area (Å²) in [5.41, 5.74) is -0.760. The van der Waals surface area contributed by atoms with E-state index in [1.54, 1.807) is 6.26 Å². The van der Waals surface area contributed by atoms with Crippen LogP contribution in [0.25, 0.3) is 0 Å². The van der Waals surface area contributed by atoms with Crippen LogP contribution in [0.15, 0.2) is 23.1 Å². The molecule has 0 aliphatic heterocycles. The Labute approximate surface area is 92.6 Å². The van der Waals surface area contributed by atoms with Crippen LogP contribution < -0.4 is 4.74 Å². The lowest BCUT2D eigenvalue weighted by molar-refractivity contribution is -0.275. The topological polar surface area (TPSA) is 9.23 Å². The van der Waals surface area contributed by atoms with Gasteiger partial charge in [0.25, 0.3) is 6.43 Å². The van der Waals surface area contributed by atoms with E-state index in [4.69, 9.17) is 0 Å². The van der Waals surface area contributed by atoms with Crippen LogP contribution in [0, 0.1) is 0 Å². The summed E-state index contributed by atoms with van der Waals surface area (Å²) >= 11 is 1.16. The second-order valence-corrected chi connectivity index (χ2v) is 3.63. The van der Waals surface area contributed by atoms with E-state index in [2.05, 4.69) is 4.74 Å². The van der Waals surface area contributed by atoms with Gasteiger partial charge in [-0.1, -0.05) is 0 Å². The van der Waals surface area contributed by atoms with Crippen molar-refractivity contribution in [3.05, 3.63) is 23.8 Å². The van der Waals surface area contributed by atoms with Crippen molar-refractivity contribution in [1.82, 2.24) is 0 Å². The van der Waals surface area contributed by atoms with Gasteiger partial charge in [-0.3, -0.25) is 0 Å². The molecule has 0 spiro atoms. The van der Waals surface area contributed by atoms with E-state index in [1.165, 1.54) is 6.07 Å². The van der Waals surface area contributed by atoms with Crippen LogP contribution in [0.1, 0.15) is 12.0 Å². The second-order valence-electron chi connectivity index (χ2n) is 2.75. The van der Waals surface area contributed by atoms with Gasteiger partial charge in [-0.15, -0.1) is 24.9 Å². The summed E-state index contributed by atoms with van der Waals surface area (Å²) in [5, 5.41) is 0. The van der Waals surface area contributed by atoms with Crippen molar-refractivity contribution < 1.29 is 26.7 Å². The molecule has 0 fully saturated rings. The maximum absolute atomic E-state index is 12.5. The lowest BCUT2D eigenvalue weighted by Crippen LogP contribution is -2.18. The first kappa shape index (κ1) is 13.1. The van der Waals surface area contributed by atoms with Crippen LogP contribution in [0.5, 0.6) is 5.75 Å². The molecule has 90 valence electrons. The molecule has 16 heavy (non-hydrogen) atoms. The van der Waals surface area contributed by atoms with Crippen LogP contribution >= 0.6 is 11.8 Å². The minimum absolute atomic E-state index is 0.449. The minimum Gasteiger partial charge on any atom is -0.405 e. The van der Waals surface area contributed by atoms with Gasteiger partial charge in [0.2, 0.25) is 0 Å². The van der Waals surface area contributed by atoms with Gasteiger partial charge in [0.15, 0.2) is 0 Å². The van der Waals surface area contributed by atoms with Gasteiger partial charge in [0, 0.05) is 4.90 Å². The van der Waals surface area contributed by atoms with E-state index in [-0.39, 0.29) is 0 Å².